The van der Waals surface area contributed by atoms with Gasteiger partial charge < -0.3 is 5.73 Å². The lowest BCUT2D eigenvalue weighted by atomic mass is 9.93. The van der Waals surface area contributed by atoms with E-state index >= 15 is 0 Å². The van der Waals surface area contributed by atoms with E-state index in [1.807, 2.05) is 0 Å². The summed E-state index contributed by atoms with van der Waals surface area (Å²) in [5.41, 5.74) is 6.18. The topological polar surface area (TPSA) is 29.3 Å². The highest BCUT2D eigenvalue weighted by Crippen LogP contribution is 2.38. The molecule has 78 valence electrons. The molecule has 13 heavy (non-hydrogen) atoms. The third kappa shape index (κ3) is 2.20. The molecule has 1 aliphatic rings. The van der Waals surface area contributed by atoms with Gasteiger partial charge in [0.05, 0.1) is 0 Å². The van der Waals surface area contributed by atoms with Crippen molar-refractivity contribution >= 4 is 11.8 Å². The van der Waals surface area contributed by atoms with Crippen LogP contribution in [0.25, 0.3) is 0 Å². The van der Waals surface area contributed by atoms with Crippen LogP contribution in [0, 0.1) is 0 Å². The molecule has 0 spiro atoms. The normalized spacial score (nSPS) is 34.8. The number of hydrogen-bond acceptors (Lipinski definition) is 3. The summed E-state index contributed by atoms with van der Waals surface area (Å²) in [6.07, 6.45) is 1.24. The monoisotopic (exact) mass is 202 g/mol. The Kier molecular flexibility index (Phi) is 3.66. The summed E-state index contributed by atoms with van der Waals surface area (Å²) < 4.78 is 0. The van der Waals surface area contributed by atoms with Crippen molar-refractivity contribution < 1.29 is 0 Å². The van der Waals surface area contributed by atoms with Crippen molar-refractivity contribution in [2.24, 2.45) is 5.73 Å². The lowest BCUT2D eigenvalue weighted by Gasteiger charge is -2.40. The molecule has 0 aromatic heterocycles. The molecule has 0 aromatic rings. The van der Waals surface area contributed by atoms with E-state index in [0.29, 0.717) is 6.04 Å². The summed E-state index contributed by atoms with van der Waals surface area (Å²) in [4.78, 5) is 2.45. The van der Waals surface area contributed by atoms with Crippen LogP contribution in [0.1, 0.15) is 27.2 Å². The van der Waals surface area contributed by atoms with Crippen molar-refractivity contribution in [2.75, 3.05) is 19.3 Å². The maximum absolute atomic E-state index is 5.91. The fourth-order valence-electron chi connectivity index (χ4n) is 2.03. The lowest BCUT2D eigenvalue weighted by molar-refractivity contribution is 0.111. The minimum absolute atomic E-state index is 0.262. The summed E-state index contributed by atoms with van der Waals surface area (Å²) >= 11 is 2.05. The Morgan fingerprint density at radius 2 is 2.23 bits per heavy atom. The first-order valence-electron chi connectivity index (χ1n) is 5.06. The number of rotatable bonds is 3. The Morgan fingerprint density at radius 3 is 2.54 bits per heavy atom. The molecule has 2 atom stereocenters. The zero-order valence-electron chi connectivity index (χ0n) is 9.21. The van der Waals surface area contributed by atoms with Gasteiger partial charge in [-0.25, -0.2) is 0 Å². The summed E-state index contributed by atoms with van der Waals surface area (Å²) in [7, 11) is 2.20. The second kappa shape index (κ2) is 4.20. The van der Waals surface area contributed by atoms with E-state index in [1.54, 1.807) is 0 Å². The van der Waals surface area contributed by atoms with Crippen molar-refractivity contribution in [1.29, 1.82) is 0 Å². The molecule has 1 aliphatic heterocycles. The van der Waals surface area contributed by atoms with Crippen LogP contribution < -0.4 is 5.73 Å². The van der Waals surface area contributed by atoms with E-state index in [9.17, 15) is 0 Å². The van der Waals surface area contributed by atoms with E-state index in [2.05, 4.69) is 44.5 Å². The highest BCUT2D eigenvalue weighted by molar-refractivity contribution is 8.00. The number of nitrogens with zero attached hydrogens (tertiary/aromatic N) is 1. The van der Waals surface area contributed by atoms with Gasteiger partial charge in [-0.05, 0) is 27.3 Å². The molecule has 0 amide bonds. The molecule has 1 saturated heterocycles. The van der Waals surface area contributed by atoms with Gasteiger partial charge in [-0.1, -0.05) is 6.92 Å². The van der Waals surface area contributed by atoms with Gasteiger partial charge in [0.15, 0.2) is 0 Å². The highest BCUT2D eigenvalue weighted by Gasteiger charge is 2.40. The molecule has 2 N–H and O–H groups in total. The van der Waals surface area contributed by atoms with Crippen LogP contribution in [0.2, 0.25) is 0 Å². The van der Waals surface area contributed by atoms with E-state index in [4.69, 9.17) is 5.73 Å². The maximum Gasteiger partial charge on any atom is 0.0432 e. The van der Waals surface area contributed by atoms with Gasteiger partial charge in [0.25, 0.3) is 0 Å². The quantitative estimate of drug-likeness (QED) is 0.753. The Balaban J connectivity index is 2.70. The maximum atomic E-state index is 5.91. The number of hydrogen-bond donors (Lipinski definition) is 1. The standard InChI is InChI=1S/C10H22N2S/c1-8(2)12(4)10(6-11)5-9(3)13-7-10/h8-9H,5-7,11H2,1-4H3. The Hall–Kier alpha value is 0.270. The summed E-state index contributed by atoms with van der Waals surface area (Å²) in [6, 6.07) is 0.592. The van der Waals surface area contributed by atoms with E-state index in [-0.39, 0.29) is 5.54 Å². The molecule has 0 aromatic carbocycles. The molecule has 0 radical (unpaired) electrons. The van der Waals surface area contributed by atoms with Crippen LogP contribution >= 0.6 is 11.8 Å². The SMILES string of the molecule is CC1CC(CN)(N(C)C(C)C)CS1. The minimum atomic E-state index is 0.262. The van der Waals surface area contributed by atoms with Crippen LogP contribution in [0.5, 0.6) is 0 Å². The molecule has 2 nitrogen and oxygen atoms in total. The van der Waals surface area contributed by atoms with Gasteiger partial charge in [0.2, 0.25) is 0 Å². The molecule has 0 saturated carbocycles. The third-order valence-electron chi connectivity index (χ3n) is 3.21. The van der Waals surface area contributed by atoms with Gasteiger partial charge in [-0.15, -0.1) is 0 Å². The second-order valence-electron chi connectivity index (χ2n) is 4.46. The molecular weight excluding hydrogens is 180 g/mol. The van der Waals surface area contributed by atoms with Crippen molar-refractivity contribution in [3.63, 3.8) is 0 Å². The third-order valence-corrected chi connectivity index (χ3v) is 4.65. The van der Waals surface area contributed by atoms with Gasteiger partial charge in [0.1, 0.15) is 0 Å². The van der Waals surface area contributed by atoms with Crippen LogP contribution in [0.3, 0.4) is 0 Å². The molecule has 1 heterocycles. The van der Waals surface area contributed by atoms with Gasteiger partial charge in [-0.3, -0.25) is 4.90 Å². The first kappa shape index (κ1) is 11.3. The Bertz CT molecular complexity index is 172. The Labute approximate surface area is 86.2 Å². The van der Waals surface area contributed by atoms with Gasteiger partial charge in [0, 0.05) is 29.1 Å². The molecular formula is C10H22N2S. The first-order chi connectivity index (χ1) is 6.02. The van der Waals surface area contributed by atoms with E-state index < -0.39 is 0 Å². The van der Waals surface area contributed by atoms with Crippen LogP contribution in [0.4, 0.5) is 0 Å². The van der Waals surface area contributed by atoms with Crippen molar-refractivity contribution in [3.05, 3.63) is 0 Å². The summed E-state index contributed by atoms with van der Waals surface area (Å²) in [5, 5.41) is 0.768. The van der Waals surface area contributed by atoms with Crippen LogP contribution in [-0.2, 0) is 0 Å². The largest absolute Gasteiger partial charge is 0.329 e. The van der Waals surface area contributed by atoms with Gasteiger partial charge in [-0.2, -0.15) is 11.8 Å². The molecule has 0 bridgehead atoms. The molecule has 1 rings (SSSR count). The first-order valence-corrected chi connectivity index (χ1v) is 6.11. The smallest absolute Gasteiger partial charge is 0.0432 e. The molecule has 3 heteroatoms. The molecule has 2 unspecified atom stereocenters. The average Bonchev–Trinajstić information content (AvgIpc) is 2.47. The Morgan fingerprint density at radius 1 is 1.62 bits per heavy atom. The fourth-order valence-corrected chi connectivity index (χ4v) is 3.49. The van der Waals surface area contributed by atoms with Crippen molar-refractivity contribution in [3.8, 4) is 0 Å². The van der Waals surface area contributed by atoms with E-state index in [1.165, 1.54) is 12.2 Å². The summed E-state index contributed by atoms with van der Waals surface area (Å²) in [5.74, 6) is 1.19. The zero-order valence-corrected chi connectivity index (χ0v) is 10.0. The number of nitrogens with two attached hydrogens (primary N) is 1. The zero-order chi connectivity index (χ0) is 10.1. The fraction of sp³-hybridized carbons (Fsp3) is 1.00. The van der Waals surface area contributed by atoms with Crippen LogP contribution in [0.15, 0.2) is 0 Å². The average molecular weight is 202 g/mol. The van der Waals surface area contributed by atoms with Crippen molar-refractivity contribution in [2.45, 2.75) is 44.0 Å². The lowest BCUT2D eigenvalue weighted by Crippen LogP contribution is -2.55. The van der Waals surface area contributed by atoms with E-state index in [0.717, 1.165) is 11.8 Å². The molecule has 0 aliphatic carbocycles. The van der Waals surface area contributed by atoms with Crippen molar-refractivity contribution in [1.82, 2.24) is 4.90 Å². The highest BCUT2D eigenvalue weighted by atomic mass is 32.2. The minimum Gasteiger partial charge on any atom is -0.329 e. The summed E-state index contributed by atoms with van der Waals surface area (Å²) in [6.45, 7) is 7.57. The predicted octanol–water partition coefficient (Wildman–Crippen LogP) is 1.55. The number of thioether (sulfide) groups is 1. The van der Waals surface area contributed by atoms with Gasteiger partial charge >= 0.3 is 0 Å². The predicted molar refractivity (Wildman–Crippen MR) is 61.2 cm³/mol. The number of likely N-dealkylation sites (N-methyl/N-ethyl adjacent to an activating group) is 1. The second-order valence-corrected chi connectivity index (χ2v) is 5.89. The van der Waals surface area contributed by atoms with Crippen LogP contribution in [-0.4, -0.2) is 41.1 Å². The molecule has 1 fully saturated rings.